The van der Waals surface area contributed by atoms with Crippen molar-refractivity contribution < 1.29 is 4.79 Å². The van der Waals surface area contributed by atoms with Gasteiger partial charge in [0.1, 0.15) is 0 Å². The smallest absolute Gasteiger partial charge is 0.318 e. The number of nitrogens with one attached hydrogen (secondary N) is 1. The molecule has 2 aliphatic rings. The van der Waals surface area contributed by atoms with Crippen LogP contribution in [0.3, 0.4) is 0 Å². The maximum Gasteiger partial charge on any atom is 0.318 e. The normalized spacial score (nSPS) is 17.9. The number of fused-ring (bicyclic) bond motifs is 3. The van der Waals surface area contributed by atoms with Gasteiger partial charge in [0.15, 0.2) is 0 Å². The van der Waals surface area contributed by atoms with Crippen LogP contribution in [0.1, 0.15) is 44.9 Å². The van der Waals surface area contributed by atoms with E-state index in [4.69, 9.17) is 0 Å². The summed E-state index contributed by atoms with van der Waals surface area (Å²) in [5.74, 6) is 0.854. The summed E-state index contributed by atoms with van der Waals surface area (Å²) in [7, 11) is 0. The first-order valence-corrected chi connectivity index (χ1v) is 9.08. The molecule has 4 heteroatoms. The lowest BCUT2D eigenvalue weighted by atomic mass is 10.0. The molecule has 1 aromatic carbocycles. The highest BCUT2D eigenvalue weighted by Gasteiger charge is 2.30. The number of amides is 2. The minimum absolute atomic E-state index is 0.0483. The van der Waals surface area contributed by atoms with E-state index >= 15 is 0 Å². The zero-order chi connectivity index (χ0) is 16.9. The van der Waals surface area contributed by atoms with Crippen molar-refractivity contribution >= 4 is 16.9 Å². The Morgan fingerprint density at radius 2 is 2.00 bits per heavy atom. The first-order valence-electron chi connectivity index (χ1n) is 9.08. The number of nitrogens with zero attached hydrogens (tertiary/aromatic N) is 2. The number of hydrogen-bond acceptors (Lipinski definition) is 1. The summed E-state index contributed by atoms with van der Waals surface area (Å²) < 4.78 is 2.53. The van der Waals surface area contributed by atoms with E-state index in [1.54, 1.807) is 0 Å². The van der Waals surface area contributed by atoms with E-state index in [1.807, 2.05) is 25.7 Å². The van der Waals surface area contributed by atoms with Gasteiger partial charge < -0.3 is 14.8 Å². The van der Waals surface area contributed by atoms with Gasteiger partial charge in [-0.25, -0.2) is 4.79 Å². The quantitative estimate of drug-likeness (QED) is 0.893. The van der Waals surface area contributed by atoms with Crippen molar-refractivity contribution in [3.05, 3.63) is 35.5 Å². The summed E-state index contributed by atoms with van der Waals surface area (Å²) >= 11 is 0. The van der Waals surface area contributed by atoms with E-state index in [9.17, 15) is 4.79 Å². The molecule has 0 radical (unpaired) electrons. The molecule has 4 nitrogen and oxygen atoms in total. The zero-order valence-corrected chi connectivity index (χ0v) is 14.9. The van der Waals surface area contributed by atoms with E-state index in [0.717, 1.165) is 32.0 Å². The van der Waals surface area contributed by atoms with Gasteiger partial charge in [-0.1, -0.05) is 18.2 Å². The fraction of sp³-hybridized carbons (Fsp3) is 0.550. The van der Waals surface area contributed by atoms with Gasteiger partial charge in [0, 0.05) is 53.8 Å². The van der Waals surface area contributed by atoms with Crippen LogP contribution < -0.4 is 5.32 Å². The lowest BCUT2D eigenvalue weighted by molar-refractivity contribution is 0.183. The second-order valence-electron chi connectivity index (χ2n) is 8.35. The highest BCUT2D eigenvalue weighted by atomic mass is 16.2. The number of rotatable bonds is 2. The Bertz CT molecular complexity index is 780. The van der Waals surface area contributed by atoms with Gasteiger partial charge in [-0.3, -0.25) is 0 Å². The summed E-state index contributed by atoms with van der Waals surface area (Å²) in [5, 5.41) is 4.42. The van der Waals surface area contributed by atoms with Gasteiger partial charge in [0.2, 0.25) is 0 Å². The predicted octanol–water partition coefficient (Wildman–Crippen LogP) is 3.92. The van der Waals surface area contributed by atoms with E-state index in [0.29, 0.717) is 0 Å². The number of benzene rings is 1. The Labute approximate surface area is 143 Å². The van der Waals surface area contributed by atoms with Crippen LogP contribution in [0.4, 0.5) is 4.79 Å². The Kier molecular flexibility index (Phi) is 3.59. The van der Waals surface area contributed by atoms with Gasteiger partial charge in [0.05, 0.1) is 0 Å². The average molecular weight is 325 g/mol. The molecule has 24 heavy (non-hydrogen) atoms. The SMILES string of the molecule is CC(C)(C)NC(=O)N1CCc2c(c3ccccc3n2CC2CC2)C1. The first kappa shape index (κ1) is 15.6. The number of para-hydroxylation sites is 1. The third kappa shape index (κ3) is 2.90. The van der Waals surface area contributed by atoms with Gasteiger partial charge >= 0.3 is 6.03 Å². The van der Waals surface area contributed by atoms with E-state index in [2.05, 4.69) is 34.1 Å². The number of carbonyl (C=O) groups is 1. The highest BCUT2D eigenvalue weighted by molar-refractivity contribution is 5.86. The minimum Gasteiger partial charge on any atom is -0.344 e. The lowest BCUT2D eigenvalue weighted by Gasteiger charge is -2.31. The molecule has 1 aromatic heterocycles. The molecule has 1 aliphatic heterocycles. The Morgan fingerprint density at radius 1 is 1.25 bits per heavy atom. The van der Waals surface area contributed by atoms with Crippen LogP contribution >= 0.6 is 0 Å². The molecule has 0 saturated heterocycles. The van der Waals surface area contributed by atoms with Crippen molar-refractivity contribution in [3.8, 4) is 0 Å². The van der Waals surface area contributed by atoms with Crippen molar-refractivity contribution in [1.29, 1.82) is 0 Å². The van der Waals surface area contributed by atoms with Crippen LogP contribution in [0.2, 0.25) is 0 Å². The van der Waals surface area contributed by atoms with Crippen LogP contribution in [0.15, 0.2) is 24.3 Å². The summed E-state index contributed by atoms with van der Waals surface area (Å²) in [4.78, 5) is 14.5. The highest BCUT2D eigenvalue weighted by Crippen LogP contribution is 2.36. The number of hydrogen-bond donors (Lipinski definition) is 1. The van der Waals surface area contributed by atoms with E-state index in [1.165, 1.54) is 35.0 Å². The Hall–Kier alpha value is -1.97. The molecular formula is C20H27N3O. The first-order chi connectivity index (χ1) is 11.4. The molecule has 128 valence electrons. The zero-order valence-electron chi connectivity index (χ0n) is 14.9. The molecular weight excluding hydrogens is 298 g/mol. The van der Waals surface area contributed by atoms with Gasteiger partial charge in [-0.2, -0.15) is 0 Å². The molecule has 1 fully saturated rings. The molecule has 1 N–H and O–H groups in total. The molecule has 2 heterocycles. The third-order valence-corrected chi connectivity index (χ3v) is 5.07. The van der Waals surface area contributed by atoms with Gasteiger partial charge in [-0.05, 0) is 45.6 Å². The fourth-order valence-corrected chi connectivity index (χ4v) is 3.74. The summed E-state index contributed by atoms with van der Waals surface area (Å²) in [5.41, 5.74) is 3.94. The van der Waals surface area contributed by atoms with Crippen LogP contribution in [0.5, 0.6) is 0 Å². The predicted molar refractivity (Wildman–Crippen MR) is 97.1 cm³/mol. The average Bonchev–Trinajstić information content (AvgIpc) is 3.29. The van der Waals surface area contributed by atoms with Crippen molar-refractivity contribution in [1.82, 2.24) is 14.8 Å². The molecule has 4 rings (SSSR count). The lowest BCUT2D eigenvalue weighted by Crippen LogP contribution is -2.49. The van der Waals surface area contributed by atoms with Crippen LogP contribution in [0, 0.1) is 5.92 Å². The van der Waals surface area contributed by atoms with Crippen LogP contribution in [-0.4, -0.2) is 27.6 Å². The summed E-state index contributed by atoms with van der Waals surface area (Å²) in [6.45, 7) is 8.75. The topological polar surface area (TPSA) is 37.3 Å². The number of urea groups is 1. The molecule has 1 saturated carbocycles. The van der Waals surface area contributed by atoms with E-state index < -0.39 is 0 Å². The Balaban J connectivity index is 1.67. The monoisotopic (exact) mass is 325 g/mol. The maximum atomic E-state index is 12.6. The number of carbonyl (C=O) groups excluding carboxylic acids is 1. The largest absolute Gasteiger partial charge is 0.344 e. The number of aromatic nitrogens is 1. The fourth-order valence-electron chi connectivity index (χ4n) is 3.74. The molecule has 0 atom stereocenters. The molecule has 2 amide bonds. The second kappa shape index (κ2) is 5.54. The van der Waals surface area contributed by atoms with Crippen LogP contribution in [-0.2, 0) is 19.5 Å². The minimum atomic E-state index is -0.197. The maximum absolute atomic E-state index is 12.6. The van der Waals surface area contributed by atoms with E-state index in [-0.39, 0.29) is 11.6 Å². The summed E-state index contributed by atoms with van der Waals surface area (Å²) in [6.07, 6.45) is 3.68. The van der Waals surface area contributed by atoms with Crippen molar-refractivity contribution in [3.63, 3.8) is 0 Å². The second-order valence-corrected chi connectivity index (χ2v) is 8.35. The molecule has 0 bridgehead atoms. The van der Waals surface area contributed by atoms with Gasteiger partial charge in [0.25, 0.3) is 0 Å². The van der Waals surface area contributed by atoms with Crippen molar-refractivity contribution in [2.75, 3.05) is 6.54 Å². The van der Waals surface area contributed by atoms with Crippen LogP contribution in [0.25, 0.3) is 10.9 Å². The molecule has 0 unspecified atom stereocenters. The van der Waals surface area contributed by atoms with Crippen molar-refractivity contribution in [2.24, 2.45) is 5.92 Å². The molecule has 0 spiro atoms. The Morgan fingerprint density at radius 3 is 2.71 bits per heavy atom. The molecule has 1 aliphatic carbocycles. The standard InChI is InChI=1S/C20H27N3O/c1-20(2,3)21-19(24)22-11-10-18-16(13-22)15-6-4-5-7-17(15)23(18)12-14-8-9-14/h4-7,14H,8-13H2,1-3H3,(H,21,24). The molecule has 2 aromatic rings. The van der Waals surface area contributed by atoms with Crippen molar-refractivity contribution in [2.45, 2.75) is 58.7 Å². The third-order valence-electron chi connectivity index (χ3n) is 5.07. The van der Waals surface area contributed by atoms with Gasteiger partial charge in [-0.15, -0.1) is 0 Å². The summed E-state index contributed by atoms with van der Waals surface area (Å²) in [6, 6.07) is 8.73.